The van der Waals surface area contributed by atoms with E-state index in [2.05, 4.69) is 17.4 Å². The minimum absolute atomic E-state index is 0.256. The van der Waals surface area contributed by atoms with Crippen LogP contribution < -0.4 is 11.1 Å². The topological polar surface area (TPSA) is 64.3 Å². The van der Waals surface area contributed by atoms with Crippen LogP contribution in [0.25, 0.3) is 0 Å². The molecule has 1 fully saturated rings. The highest BCUT2D eigenvalue weighted by atomic mass is 16.6. The molecular weight excluding hydrogens is 252 g/mol. The fraction of sp³-hybridized carbons (Fsp3) is 0.562. The van der Waals surface area contributed by atoms with E-state index in [1.165, 1.54) is 11.1 Å². The summed E-state index contributed by atoms with van der Waals surface area (Å²) in [5.41, 5.74) is 7.32. The predicted octanol–water partition coefficient (Wildman–Crippen LogP) is 2.70. The van der Waals surface area contributed by atoms with E-state index in [9.17, 15) is 4.79 Å². The molecule has 3 N–H and O–H groups in total. The molecule has 1 aromatic rings. The molecule has 1 aliphatic rings. The van der Waals surface area contributed by atoms with Crippen LogP contribution in [-0.4, -0.2) is 18.2 Å². The maximum atomic E-state index is 12.0. The van der Waals surface area contributed by atoms with Crippen LogP contribution in [-0.2, 0) is 16.7 Å². The van der Waals surface area contributed by atoms with Gasteiger partial charge in [-0.1, -0.05) is 24.3 Å². The Morgan fingerprint density at radius 1 is 1.35 bits per heavy atom. The molecule has 2 rings (SSSR count). The van der Waals surface area contributed by atoms with Gasteiger partial charge in [-0.3, -0.25) is 0 Å². The fourth-order valence-electron chi connectivity index (χ4n) is 2.45. The van der Waals surface area contributed by atoms with Crippen LogP contribution in [0.1, 0.15) is 44.7 Å². The number of rotatable bonds is 4. The summed E-state index contributed by atoms with van der Waals surface area (Å²) < 4.78 is 5.36. The first-order valence-electron chi connectivity index (χ1n) is 7.16. The van der Waals surface area contributed by atoms with Gasteiger partial charge in [0, 0.05) is 0 Å². The number of carbonyl (C=O) groups is 1. The van der Waals surface area contributed by atoms with Crippen molar-refractivity contribution in [3.63, 3.8) is 0 Å². The third-order valence-corrected chi connectivity index (χ3v) is 3.44. The molecule has 20 heavy (non-hydrogen) atoms. The number of hydrogen-bond acceptors (Lipinski definition) is 3. The predicted molar refractivity (Wildman–Crippen MR) is 79.5 cm³/mol. The van der Waals surface area contributed by atoms with Gasteiger partial charge in [-0.15, -0.1) is 0 Å². The second-order valence-electron chi connectivity index (χ2n) is 6.40. The van der Waals surface area contributed by atoms with Gasteiger partial charge < -0.3 is 15.8 Å². The Hall–Kier alpha value is -1.55. The lowest BCUT2D eigenvalue weighted by Gasteiger charge is -2.25. The Morgan fingerprint density at radius 3 is 2.55 bits per heavy atom. The molecule has 4 heteroatoms. The van der Waals surface area contributed by atoms with Crippen molar-refractivity contribution in [3.05, 3.63) is 35.4 Å². The number of carbonyl (C=O) groups excluding carboxylic acids is 1. The van der Waals surface area contributed by atoms with E-state index in [0.717, 1.165) is 19.3 Å². The lowest BCUT2D eigenvalue weighted by atomic mass is 9.96. The van der Waals surface area contributed by atoms with Crippen molar-refractivity contribution in [2.24, 2.45) is 5.73 Å². The number of nitrogens with two attached hydrogens (primary N) is 1. The molecule has 110 valence electrons. The molecule has 0 radical (unpaired) electrons. The molecule has 0 heterocycles. The molecule has 1 amide bonds. The highest BCUT2D eigenvalue weighted by Gasteiger charge is 2.47. The van der Waals surface area contributed by atoms with E-state index in [1.54, 1.807) is 0 Å². The Labute approximate surface area is 120 Å². The number of benzene rings is 1. The Kier molecular flexibility index (Phi) is 4.04. The van der Waals surface area contributed by atoms with Crippen LogP contribution in [0.15, 0.2) is 24.3 Å². The molecule has 1 saturated carbocycles. The van der Waals surface area contributed by atoms with Crippen molar-refractivity contribution < 1.29 is 9.53 Å². The van der Waals surface area contributed by atoms with Gasteiger partial charge in [0.1, 0.15) is 5.60 Å². The highest BCUT2D eigenvalue weighted by Crippen LogP contribution is 2.47. The second-order valence-corrected chi connectivity index (χ2v) is 6.40. The summed E-state index contributed by atoms with van der Waals surface area (Å²) in [5.74, 6) is 0. The molecule has 4 nitrogen and oxygen atoms in total. The van der Waals surface area contributed by atoms with Gasteiger partial charge >= 0.3 is 6.09 Å². The van der Waals surface area contributed by atoms with E-state index in [0.29, 0.717) is 6.54 Å². The van der Waals surface area contributed by atoms with Gasteiger partial charge in [0.25, 0.3) is 0 Å². The van der Waals surface area contributed by atoms with Gasteiger partial charge in [0.2, 0.25) is 0 Å². The maximum Gasteiger partial charge on any atom is 0.408 e. The summed E-state index contributed by atoms with van der Waals surface area (Å²) in [6.45, 7) is 6.22. The summed E-state index contributed by atoms with van der Waals surface area (Å²) in [6.07, 6.45) is 2.38. The molecule has 0 spiro atoms. The zero-order valence-electron chi connectivity index (χ0n) is 12.5. The number of ether oxygens (including phenoxy) is 1. The number of hydrogen-bond donors (Lipinski definition) is 2. The number of amides is 1. The van der Waals surface area contributed by atoms with Gasteiger partial charge in [0.15, 0.2) is 0 Å². The smallest absolute Gasteiger partial charge is 0.408 e. The van der Waals surface area contributed by atoms with Crippen molar-refractivity contribution in [2.45, 2.75) is 51.2 Å². The summed E-state index contributed by atoms with van der Waals surface area (Å²) in [7, 11) is 0. The normalized spacial score (nSPS) is 16.6. The second kappa shape index (κ2) is 5.44. The number of alkyl carbamates (subject to hydrolysis) is 1. The van der Waals surface area contributed by atoms with Crippen LogP contribution in [0.2, 0.25) is 0 Å². The molecule has 1 aromatic carbocycles. The van der Waals surface area contributed by atoms with Crippen molar-refractivity contribution in [3.8, 4) is 0 Å². The molecule has 1 aliphatic carbocycles. The maximum absolute atomic E-state index is 12.0. The lowest BCUT2D eigenvalue weighted by molar-refractivity contribution is 0.0495. The molecule has 0 bridgehead atoms. The first kappa shape index (κ1) is 14.9. The van der Waals surface area contributed by atoms with Crippen LogP contribution >= 0.6 is 0 Å². The molecule has 0 aromatic heterocycles. The molecular formula is C16H24N2O2. The van der Waals surface area contributed by atoms with Crippen molar-refractivity contribution in [1.82, 2.24) is 5.32 Å². The Morgan fingerprint density at radius 2 is 2.00 bits per heavy atom. The van der Waals surface area contributed by atoms with E-state index in [-0.39, 0.29) is 11.6 Å². The molecule has 0 aliphatic heterocycles. The van der Waals surface area contributed by atoms with Crippen LogP contribution in [0.4, 0.5) is 4.79 Å². The monoisotopic (exact) mass is 276 g/mol. The molecule has 0 saturated heterocycles. The van der Waals surface area contributed by atoms with Crippen molar-refractivity contribution >= 4 is 6.09 Å². The summed E-state index contributed by atoms with van der Waals surface area (Å²) >= 11 is 0. The zero-order chi connectivity index (χ0) is 14.8. The van der Waals surface area contributed by atoms with Crippen LogP contribution in [0.3, 0.4) is 0 Å². The minimum atomic E-state index is -0.475. The average molecular weight is 276 g/mol. The lowest BCUT2D eigenvalue weighted by Crippen LogP contribution is -2.39. The van der Waals surface area contributed by atoms with Crippen molar-refractivity contribution in [2.75, 3.05) is 6.54 Å². The van der Waals surface area contributed by atoms with Gasteiger partial charge in [0.05, 0.1) is 5.54 Å². The quantitative estimate of drug-likeness (QED) is 0.888. The Bertz CT molecular complexity index is 487. The zero-order valence-corrected chi connectivity index (χ0v) is 12.5. The van der Waals surface area contributed by atoms with Crippen LogP contribution in [0.5, 0.6) is 0 Å². The third kappa shape index (κ3) is 3.51. The van der Waals surface area contributed by atoms with E-state index >= 15 is 0 Å². The molecule has 0 unspecified atom stereocenters. The van der Waals surface area contributed by atoms with E-state index in [4.69, 9.17) is 10.5 Å². The highest BCUT2D eigenvalue weighted by molar-refractivity contribution is 5.70. The van der Waals surface area contributed by atoms with Gasteiger partial charge in [-0.2, -0.15) is 0 Å². The minimum Gasteiger partial charge on any atom is -0.444 e. The van der Waals surface area contributed by atoms with Crippen LogP contribution in [0, 0.1) is 0 Å². The average Bonchev–Trinajstić information content (AvgIpc) is 3.08. The standard InChI is InChI=1S/C16H24N2O2/c1-15(2,3)20-14(19)18-16(9-10-16)13-7-5-4-6-12(13)8-11-17/h4-7H,8-11,17H2,1-3H3,(H,18,19). The first-order valence-corrected chi connectivity index (χ1v) is 7.16. The molecule has 0 atom stereocenters. The summed E-state index contributed by atoms with van der Waals surface area (Å²) in [4.78, 5) is 12.0. The van der Waals surface area contributed by atoms with Crippen molar-refractivity contribution in [1.29, 1.82) is 0 Å². The first-order chi connectivity index (χ1) is 9.36. The summed E-state index contributed by atoms with van der Waals surface area (Å²) in [6, 6.07) is 8.18. The third-order valence-electron chi connectivity index (χ3n) is 3.44. The fourth-order valence-corrected chi connectivity index (χ4v) is 2.45. The summed E-state index contributed by atoms with van der Waals surface area (Å²) in [5, 5.41) is 3.04. The largest absolute Gasteiger partial charge is 0.444 e. The van der Waals surface area contributed by atoms with E-state index in [1.807, 2.05) is 32.9 Å². The Balaban J connectivity index is 2.14. The SMILES string of the molecule is CC(C)(C)OC(=O)NC1(c2ccccc2CCN)CC1. The van der Waals surface area contributed by atoms with Gasteiger partial charge in [-0.05, 0) is 57.7 Å². The van der Waals surface area contributed by atoms with E-state index < -0.39 is 5.60 Å². The number of nitrogens with one attached hydrogen (secondary N) is 1. The van der Waals surface area contributed by atoms with Gasteiger partial charge in [-0.25, -0.2) is 4.79 Å².